The van der Waals surface area contributed by atoms with Crippen molar-refractivity contribution in [3.8, 4) is 0 Å². The number of aliphatic carboxylic acids is 1. The average Bonchev–Trinajstić information content (AvgIpc) is 3.03. The Bertz CT molecular complexity index is 856. The standard InChI is InChI=1S/C22H30Cl6O9/c1-11(29)8-36-12(2)9-35-7-6-34-5-3-4-13(30)10-37-19(33)15-14(18(31)32)20(25)16(23)17(24)21(15,26)22(20,27)28/h11-15,29-30H,3-10H2,1-2H3,(H,31,32). The van der Waals surface area contributed by atoms with Crippen molar-refractivity contribution < 1.29 is 43.9 Å². The quantitative estimate of drug-likeness (QED) is 0.130. The maximum atomic E-state index is 12.9. The van der Waals surface area contributed by atoms with E-state index in [1.165, 1.54) is 0 Å². The average molecular weight is 651 g/mol. The van der Waals surface area contributed by atoms with Crippen molar-refractivity contribution in [2.24, 2.45) is 11.8 Å². The molecule has 7 unspecified atom stereocenters. The van der Waals surface area contributed by atoms with Gasteiger partial charge in [-0.15, -0.1) is 23.2 Å². The molecule has 2 aliphatic rings. The Labute approximate surface area is 245 Å². The zero-order chi connectivity index (χ0) is 28.2. The van der Waals surface area contributed by atoms with Crippen LogP contribution in [0.3, 0.4) is 0 Å². The van der Waals surface area contributed by atoms with Gasteiger partial charge in [-0.05, 0) is 26.7 Å². The van der Waals surface area contributed by atoms with Crippen LogP contribution in [0.15, 0.2) is 10.1 Å². The monoisotopic (exact) mass is 648 g/mol. The molecule has 3 N–H and O–H groups in total. The van der Waals surface area contributed by atoms with Crippen molar-refractivity contribution in [3.63, 3.8) is 0 Å². The second kappa shape index (κ2) is 13.7. The number of ether oxygens (including phenoxy) is 4. The van der Waals surface area contributed by atoms with Gasteiger partial charge in [-0.2, -0.15) is 0 Å². The lowest BCUT2D eigenvalue weighted by Crippen LogP contribution is -2.46. The number of rotatable bonds is 16. The Balaban J connectivity index is 1.75. The number of carboxylic acid groups (broad SMARTS) is 1. The molecule has 0 spiro atoms. The van der Waals surface area contributed by atoms with E-state index < -0.39 is 56.7 Å². The Morgan fingerprint density at radius 2 is 1.46 bits per heavy atom. The highest BCUT2D eigenvalue weighted by Gasteiger charge is 2.85. The fraction of sp³-hybridized carbons (Fsp3) is 0.818. The van der Waals surface area contributed by atoms with Crippen molar-refractivity contribution >= 4 is 81.5 Å². The van der Waals surface area contributed by atoms with E-state index in [4.69, 9.17) is 88.6 Å². The molecule has 0 aromatic rings. The molecule has 0 saturated heterocycles. The Hall–Kier alpha value is 0.220. The van der Waals surface area contributed by atoms with Crippen molar-refractivity contribution in [2.45, 2.75) is 59.1 Å². The van der Waals surface area contributed by atoms with Crippen LogP contribution in [0.4, 0.5) is 0 Å². The van der Waals surface area contributed by atoms with E-state index in [-0.39, 0.29) is 29.2 Å². The van der Waals surface area contributed by atoms with Crippen LogP contribution in [0.1, 0.15) is 26.7 Å². The van der Waals surface area contributed by atoms with Crippen LogP contribution in [0, 0.1) is 11.8 Å². The number of carboxylic acids is 1. The van der Waals surface area contributed by atoms with Crippen LogP contribution in [-0.4, -0.2) is 99.3 Å². The molecular weight excluding hydrogens is 621 g/mol. The Morgan fingerprint density at radius 3 is 2.03 bits per heavy atom. The van der Waals surface area contributed by atoms with E-state index in [1.54, 1.807) is 6.92 Å². The molecule has 7 atom stereocenters. The number of carbonyl (C=O) groups excluding carboxylic acids is 1. The number of carbonyl (C=O) groups is 2. The summed E-state index contributed by atoms with van der Waals surface area (Å²) in [4.78, 5) is 20.6. The first-order chi connectivity index (χ1) is 17.1. The van der Waals surface area contributed by atoms with Crippen LogP contribution in [0.5, 0.6) is 0 Å². The number of halogens is 6. The number of aliphatic hydroxyl groups is 2. The number of hydrogen-bond donors (Lipinski definition) is 3. The van der Waals surface area contributed by atoms with Gasteiger partial charge in [0.05, 0.1) is 66.6 Å². The van der Waals surface area contributed by atoms with Crippen LogP contribution < -0.4 is 0 Å². The summed E-state index contributed by atoms with van der Waals surface area (Å²) in [7, 11) is 0. The van der Waals surface area contributed by atoms with E-state index in [0.29, 0.717) is 32.8 Å². The first-order valence-electron chi connectivity index (χ1n) is 11.5. The molecule has 2 aliphatic carbocycles. The predicted octanol–water partition coefficient (Wildman–Crippen LogP) is 3.65. The summed E-state index contributed by atoms with van der Waals surface area (Å²) in [6.45, 7) is 4.63. The number of hydrogen-bond acceptors (Lipinski definition) is 8. The fourth-order valence-electron chi connectivity index (χ4n) is 4.19. The van der Waals surface area contributed by atoms with Crippen LogP contribution in [0.25, 0.3) is 0 Å². The highest BCUT2D eigenvalue weighted by Crippen LogP contribution is 2.76. The molecule has 0 aliphatic heterocycles. The molecule has 37 heavy (non-hydrogen) atoms. The number of aliphatic hydroxyl groups excluding tert-OH is 2. The molecule has 1 fully saturated rings. The van der Waals surface area contributed by atoms with Crippen LogP contribution >= 0.6 is 69.6 Å². The molecule has 2 bridgehead atoms. The normalized spacial score (nSPS) is 30.9. The molecular formula is C22H30Cl6O9. The third kappa shape index (κ3) is 6.76. The molecule has 2 rings (SSSR count). The van der Waals surface area contributed by atoms with Crippen LogP contribution in [0.2, 0.25) is 0 Å². The number of fused-ring (bicyclic) bond motifs is 2. The molecule has 0 aromatic heterocycles. The van der Waals surface area contributed by atoms with Crippen molar-refractivity contribution in [3.05, 3.63) is 10.1 Å². The summed E-state index contributed by atoms with van der Waals surface area (Å²) >= 11 is 38.0. The highest BCUT2D eigenvalue weighted by atomic mass is 35.5. The summed E-state index contributed by atoms with van der Waals surface area (Å²) < 4.78 is 19.1. The van der Waals surface area contributed by atoms with E-state index >= 15 is 0 Å². The van der Waals surface area contributed by atoms with Crippen LogP contribution in [-0.2, 0) is 28.5 Å². The molecule has 0 heterocycles. The van der Waals surface area contributed by atoms with Gasteiger partial charge in [0.1, 0.15) is 16.4 Å². The zero-order valence-electron chi connectivity index (χ0n) is 20.1. The minimum Gasteiger partial charge on any atom is -0.481 e. The van der Waals surface area contributed by atoms with E-state index in [9.17, 15) is 24.9 Å². The van der Waals surface area contributed by atoms with Gasteiger partial charge < -0.3 is 34.3 Å². The summed E-state index contributed by atoms with van der Waals surface area (Å²) in [6.07, 6.45) is -1.06. The second-order valence-corrected chi connectivity index (χ2v) is 12.3. The van der Waals surface area contributed by atoms with Gasteiger partial charge in [0.25, 0.3) is 0 Å². The van der Waals surface area contributed by atoms with Gasteiger partial charge in [0.15, 0.2) is 4.33 Å². The Morgan fingerprint density at radius 1 is 0.892 bits per heavy atom. The molecule has 214 valence electrons. The largest absolute Gasteiger partial charge is 0.481 e. The molecule has 1 saturated carbocycles. The number of alkyl halides is 4. The lowest BCUT2D eigenvalue weighted by molar-refractivity contribution is -0.159. The molecule has 0 aromatic carbocycles. The maximum absolute atomic E-state index is 12.9. The van der Waals surface area contributed by atoms with Gasteiger partial charge in [0, 0.05) is 6.61 Å². The zero-order valence-corrected chi connectivity index (χ0v) is 24.6. The topological polar surface area (TPSA) is 132 Å². The third-order valence-corrected chi connectivity index (χ3v) is 10.3. The first kappa shape index (κ1) is 33.4. The molecule has 0 amide bonds. The first-order valence-corrected chi connectivity index (χ1v) is 13.7. The molecule has 15 heteroatoms. The predicted molar refractivity (Wildman–Crippen MR) is 140 cm³/mol. The SMILES string of the molecule is CC(O)COC(C)COCCOCCCC(O)COC(=O)C1C(C(=O)O)C2(Cl)C(Cl)=C(Cl)C1(Cl)C2(Cl)Cl. The summed E-state index contributed by atoms with van der Waals surface area (Å²) in [5.74, 6) is -6.00. The summed E-state index contributed by atoms with van der Waals surface area (Å²) in [5.41, 5.74) is 0. The van der Waals surface area contributed by atoms with Gasteiger partial charge in [-0.1, -0.05) is 46.4 Å². The molecule has 9 nitrogen and oxygen atoms in total. The van der Waals surface area contributed by atoms with Crippen molar-refractivity contribution in [1.29, 1.82) is 0 Å². The van der Waals surface area contributed by atoms with Crippen molar-refractivity contribution in [1.82, 2.24) is 0 Å². The molecule has 0 radical (unpaired) electrons. The number of allylic oxidation sites excluding steroid dienone is 2. The third-order valence-electron chi connectivity index (χ3n) is 6.05. The number of esters is 1. The van der Waals surface area contributed by atoms with Gasteiger partial charge in [-0.3, -0.25) is 9.59 Å². The maximum Gasteiger partial charge on any atom is 0.312 e. The van der Waals surface area contributed by atoms with E-state index in [1.807, 2.05) is 6.92 Å². The lowest BCUT2D eigenvalue weighted by Gasteiger charge is -2.33. The van der Waals surface area contributed by atoms with E-state index in [0.717, 1.165) is 0 Å². The lowest BCUT2D eigenvalue weighted by atomic mass is 9.82. The summed E-state index contributed by atoms with van der Waals surface area (Å²) in [6, 6.07) is 0. The van der Waals surface area contributed by atoms with Gasteiger partial charge in [-0.25, -0.2) is 0 Å². The Kier molecular flexibility index (Phi) is 12.4. The van der Waals surface area contributed by atoms with Gasteiger partial charge in [0.2, 0.25) is 0 Å². The van der Waals surface area contributed by atoms with Gasteiger partial charge >= 0.3 is 11.9 Å². The minimum atomic E-state index is -2.23. The van der Waals surface area contributed by atoms with Crippen molar-refractivity contribution in [2.75, 3.05) is 39.6 Å². The van der Waals surface area contributed by atoms with E-state index in [2.05, 4.69) is 0 Å². The minimum absolute atomic E-state index is 0.157. The second-order valence-electron chi connectivity index (χ2n) is 9.03. The fourth-order valence-corrected chi connectivity index (χ4v) is 7.11. The summed E-state index contributed by atoms with van der Waals surface area (Å²) in [5, 5.41) is 28.4. The smallest absolute Gasteiger partial charge is 0.312 e. The highest BCUT2D eigenvalue weighted by molar-refractivity contribution is 6.66.